The Labute approximate surface area is 199 Å². The number of piperidine rings is 1. The highest BCUT2D eigenvalue weighted by atomic mass is 32.2. The number of amides is 1. The maximum atomic E-state index is 13.1. The first kappa shape index (κ1) is 22.1. The number of nitrogens with one attached hydrogen (secondary N) is 1. The van der Waals surface area contributed by atoms with Gasteiger partial charge in [0.2, 0.25) is 5.91 Å². The summed E-state index contributed by atoms with van der Waals surface area (Å²) >= 11 is 2.89. The van der Waals surface area contributed by atoms with Gasteiger partial charge >= 0.3 is 0 Å². The fourth-order valence-corrected chi connectivity index (χ4v) is 6.06. The van der Waals surface area contributed by atoms with Crippen LogP contribution in [0.2, 0.25) is 0 Å². The van der Waals surface area contributed by atoms with Gasteiger partial charge in [0.1, 0.15) is 11.3 Å². The quantitative estimate of drug-likeness (QED) is 0.530. The maximum absolute atomic E-state index is 13.1. The summed E-state index contributed by atoms with van der Waals surface area (Å²) in [7, 11) is 1.60. The summed E-state index contributed by atoms with van der Waals surface area (Å²) in [6.45, 7) is 1.68. The first-order valence-electron chi connectivity index (χ1n) is 10.8. The number of fused-ring (bicyclic) bond motifs is 2. The fourth-order valence-electron chi connectivity index (χ4n) is 4.27. The van der Waals surface area contributed by atoms with E-state index < -0.39 is 0 Å². The number of rotatable bonds is 6. The molecular weight excluding hydrogens is 458 g/mol. The van der Waals surface area contributed by atoms with Crippen molar-refractivity contribution in [3.05, 3.63) is 47.0 Å². The Morgan fingerprint density at radius 3 is 2.82 bits per heavy atom. The van der Waals surface area contributed by atoms with E-state index in [4.69, 9.17) is 4.74 Å². The molecule has 1 saturated heterocycles. The zero-order valence-corrected chi connectivity index (χ0v) is 19.8. The monoisotopic (exact) mass is 481 g/mol. The van der Waals surface area contributed by atoms with Gasteiger partial charge in [-0.1, -0.05) is 12.1 Å². The van der Waals surface area contributed by atoms with E-state index in [0.717, 1.165) is 15.1 Å². The molecule has 3 aromatic rings. The van der Waals surface area contributed by atoms with Gasteiger partial charge in [0.05, 0.1) is 29.8 Å². The topological polar surface area (TPSA) is 88.6 Å². The molecule has 5 rings (SSSR count). The molecule has 0 atom stereocenters. The van der Waals surface area contributed by atoms with E-state index in [1.165, 1.54) is 23.1 Å². The number of carbonyl (C=O) groups is 3. The lowest BCUT2D eigenvalue weighted by molar-refractivity contribution is -0.113. The molecule has 1 N–H and O–H groups in total. The second-order valence-corrected chi connectivity index (χ2v) is 10.3. The number of ether oxygens (including phenoxy) is 1. The summed E-state index contributed by atoms with van der Waals surface area (Å²) in [5, 5.41) is 3.36. The number of para-hydroxylation sites is 1. The molecule has 9 heteroatoms. The number of hydrogen-bond donors (Lipinski definition) is 1. The number of nitrogens with zero attached hydrogens (tertiary/aromatic N) is 2. The number of ketones is 2. The van der Waals surface area contributed by atoms with E-state index in [1.807, 2.05) is 30.3 Å². The van der Waals surface area contributed by atoms with Crippen LogP contribution in [0.15, 0.2) is 41.3 Å². The molecule has 1 amide bonds. The number of aromatic nitrogens is 1. The number of carbonyl (C=O) groups excluding carboxylic acids is 3. The van der Waals surface area contributed by atoms with Gasteiger partial charge in [-0.05, 0) is 50.2 Å². The molecule has 170 valence electrons. The van der Waals surface area contributed by atoms with Crippen LogP contribution in [0.4, 0.5) is 5.69 Å². The summed E-state index contributed by atoms with van der Waals surface area (Å²) in [5.74, 6) is 1.04. The van der Waals surface area contributed by atoms with Crippen LogP contribution in [0.3, 0.4) is 0 Å². The lowest BCUT2D eigenvalue weighted by Gasteiger charge is -2.30. The lowest BCUT2D eigenvalue weighted by Crippen LogP contribution is -2.39. The minimum Gasteiger partial charge on any atom is -0.494 e. The van der Waals surface area contributed by atoms with Crippen molar-refractivity contribution in [1.29, 1.82) is 0 Å². The molecule has 0 bridgehead atoms. The van der Waals surface area contributed by atoms with Crippen molar-refractivity contribution in [2.75, 3.05) is 37.8 Å². The van der Waals surface area contributed by atoms with Crippen molar-refractivity contribution >= 4 is 56.5 Å². The molecular formula is C24H23N3O4S2. The SMILES string of the molecule is COc1cccc2sc(C(=O)C3CCN(CC(=O)c4ccc5c(c4)NC(=O)CS5)CC3)nc12. The number of Topliss-reactive ketones (excluding diaryl/α,β-unsaturated/α-hetero) is 2. The lowest BCUT2D eigenvalue weighted by atomic mass is 9.92. The number of methoxy groups -OCH3 is 1. The van der Waals surface area contributed by atoms with Gasteiger partial charge in [-0.3, -0.25) is 19.3 Å². The molecule has 0 aliphatic carbocycles. The summed E-state index contributed by atoms with van der Waals surface area (Å²) in [5.41, 5.74) is 2.04. The summed E-state index contributed by atoms with van der Waals surface area (Å²) in [4.78, 5) is 45.2. The van der Waals surface area contributed by atoms with Gasteiger partial charge in [0, 0.05) is 16.4 Å². The van der Waals surface area contributed by atoms with Crippen molar-refractivity contribution in [1.82, 2.24) is 9.88 Å². The first-order chi connectivity index (χ1) is 16.0. The number of thiazole rings is 1. The normalized spacial score (nSPS) is 16.9. The van der Waals surface area contributed by atoms with Gasteiger partial charge in [0.25, 0.3) is 0 Å². The third kappa shape index (κ3) is 4.53. The average molecular weight is 482 g/mol. The Morgan fingerprint density at radius 2 is 2.03 bits per heavy atom. The molecule has 0 unspecified atom stereocenters. The van der Waals surface area contributed by atoms with Crippen molar-refractivity contribution in [2.24, 2.45) is 5.92 Å². The molecule has 2 aliphatic rings. The van der Waals surface area contributed by atoms with Gasteiger partial charge in [-0.2, -0.15) is 0 Å². The zero-order valence-electron chi connectivity index (χ0n) is 18.1. The number of likely N-dealkylation sites (tertiary alicyclic amines) is 1. The smallest absolute Gasteiger partial charge is 0.234 e. The minimum absolute atomic E-state index is 0.0191. The van der Waals surface area contributed by atoms with Crippen molar-refractivity contribution < 1.29 is 19.1 Å². The molecule has 2 aliphatic heterocycles. The standard InChI is InChI=1S/C24H23N3O4S2/c1-31-18-3-2-4-20-22(18)26-24(33-20)23(30)14-7-9-27(10-8-14)12-17(28)15-5-6-19-16(11-15)25-21(29)13-32-19/h2-6,11,14H,7-10,12-13H2,1H3,(H,25,29). The van der Waals surface area contributed by atoms with Gasteiger partial charge in [-0.15, -0.1) is 23.1 Å². The molecule has 1 aromatic heterocycles. The highest BCUT2D eigenvalue weighted by Crippen LogP contribution is 2.33. The molecule has 0 saturated carbocycles. The Kier molecular flexibility index (Phi) is 6.18. The van der Waals surface area contributed by atoms with Crippen LogP contribution in [-0.4, -0.2) is 59.9 Å². The van der Waals surface area contributed by atoms with E-state index in [1.54, 1.807) is 13.2 Å². The Balaban J connectivity index is 1.20. The number of thioether (sulfide) groups is 1. The third-order valence-corrected chi connectivity index (χ3v) is 8.18. The third-order valence-electron chi connectivity index (χ3n) is 6.07. The van der Waals surface area contributed by atoms with Gasteiger partial charge < -0.3 is 10.1 Å². The highest BCUT2D eigenvalue weighted by molar-refractivity contribution is 8.00. The zero-order chi connectivity index (χ0) is 22.9. The van der Waals surface area contributed by atoms with Crippen LogP contribution in [0, 0.1) is 5.92 Å². The summed E-state index contributed by atoms with van der Waals surface area (Å²) in [6, 6.07) is 11.2. The van der Waals surface area contributed by atoms with Crippen LogP contribution >= 0.6 is 23.1 Å². The highest BCUT2D eigenvalue weighted by Gasteiger charge is 2.29. The molecule has 33 heavy (non-hydrogen) atoms. The first-order valence-corrected chi connectivity index (χ1v) is 12.6. The van der Waals surface area contributed by atoms with Crippen LogP contribution < -0.4 is 10.1 Å². The molecule has 0 radical (unpaired) electrons. The summed E-state index contributed by atoms with van der Waals surface area (Å²) in [6.07, 6.45) is 1.41. The molecule has 2 aromatic carbocycles. The van der Waals surface area contributed by atoms with Gasteiger partial charge in [0.15, 0.2) is 16.6 Å². The second-order valence-electron chi connectivity index (χ2n) is 8.21. The largest absolute Gasteiger partial charge is 0.494 e. The number of hydrogen-bond acceptors (Lipinski definition) is 8. The van der Waals surface area contributed by atoms with E-state index in [9.17, 15) is 14.4 Å². The van der Waals surface area contributed by atoms with Crippen LogP contribution in [-0.2, 0) is 4.79 Å². The Hall–Kier alpha value is -2.75. The van der Waals surface area contributed by atoms with Crippen molar-refractivity contribution in [3.8, 4) is 5.75 Å². The van der Waals surface area contributed by atoms with E-state index in [2.05, 4.69) is 15.2 Å². The fraction of sp³-hybridized carbons (Fsp3) is 0.333. The average Bonchev–Trinajstić information content (AvgIpc) is 3.28. The van der Waals surface area contributed by atoms with E-state index in [-0.39, 0.29) is 23.4 Å². The number of benzene rings is 2. The predicted octanol–water partition coefficient (Wildman–Crippen LogP) is 4.13. The minimum atomic E-state index is -0.0844. The molecule has 0 spiro atoms. The Morgan fingerprint density at radius 1 is 1.21 bits per heavy atom. The van der Waals surface area contributed by atoms with Crippen molar-refractivity contribution in [2.45, 2.75) is 17.7 Å². The molecule has 7 nitrogen and oxygen atoms in total. The predicted molar refractivity (Wildman–Crippen MR) is 130 cm³/mol. The Bertz CT molecular complexity index is 1250. The maximum Gasteiger partial charge on any atom is 0.234 e. The second kappa shape index (κ2) is 9.24. The summed E-state index contributed by atoms with van der Waals surface area (Å²) < 4.78 is 6.31. The van der Waals surface area contributed by atoms with Crippen LogP contribution in [0.25, 0.3) is 10.2 Å². The molecule has 3 heterocycles. The van der Waals surface area contributed by atoms with Crippen LogP contribution in [0.5, 0.6) is 5.75 Å². The number of anilines is 1. The van der Waals surface area contributed by atoms with Gasteiger partial charge in [-0.25, -0.2) is 4.98 Å². The molecule has 1 fully saturated rings. The van der Waals surface area contributed by atoms with Crippen LogP contribution in [0.1, 0.15) is 33.0 Å². The van der Waals surface area contributed by atoms with E-state index in [0.29, 0.717) is 60.2 Å². The van der Waals surface area contributed by atoms with Crippen molar-refractivity contribution in [3.63, 3.8) is 0 Å². The van der Waals surface area contributed by atoms with E-state index >= 15 is 0 Å².